The Morgan fingerprint density at radius 1 is 1.48 bits per heavy atom. The molecule has 0 fully saturated rings. The highest BCUT2D eigenvalue weighted by Crippen LogP contribution is 2.21. The molecule has 0 atom stereocenters. The third-order valence-electron chi connectivity index (χ3n) is 2.71. The Bertz CT molecular complexity index is 682. The van der Waals surface area contributed by atoms with Gasteiger partial charge in [0.2, 0.25) is 0 Å². The number of nitro groups is 1. The molecule has 0 saturated heterocycles. The van der Waals surface area contributed by atoms with Crippen LogP contribution in [0.1, 0.15) is 21.8 Å². The Kier molecular flexibility index (Phi) is 4.14. The van der Waals surface area contributed by atoms with Crippen molar-refractivity contribution in [2.45, 2.75) is 13.5 Å². The summed E-state index contributed by atoms with van der Waals surface area (Å²) in [4.78, 5) is 22.3. The Morgan fingerprint density at radius 3 is 2.81 bits per heavy atom. The van der Waals surface area contributed by atoms with Gasteiger partial charge in [0.25, 0.3) is 11.6 Å². The largest absolute Gasteiger partial charge is 0.359 e. The number of anilines is 1. The van der Waals surface area contributed by atoms with Crippen LogP contribution in [0.3, 0.4) is 0 Å². The van der Waals surface area contributed by atoms with Crippen LogP contribution in [0.15, 0.2) is 28.8 Å². The molecular formula is C12H13N5O4. The SMILES string of the molecule is Cc1cc(CNC(=O)c2cc([N+](=O)[O-])ccc2NN)on1. The van der Waals surface area contributed by atoms with Crippen LogP contribution in [0, 0.1) is 17.0 Å². The first-order valence-corrected chi connectivity index (χ1v) is 5.96. The molecule has 9 nitrogen and oxygen atoms in total. The number of aryl methyl sites for hydroxylation is 1. The van der Waals surface area contributed by atoms with Gasteiger partial charge in [-0.25, -0.2) is 0 Å². The van der Waals surface area contributed by atoms with Gasteiger partial charge in [0.1, 0.15) is 0 Å². The molecule has 0 unspecified atom stereocenters. The van der Waals surface area contributed by atoms with Crippen LogP contribution in [-0.2, 0) is 6.54 Å². The Balaban J connectivity index is 2.17. The molecule has 110 valence electrons. The lowest BCUT2D eigenvalue weighted by atomic mass is 10.1. The Labute approximate surface area is 119 Å². The molecule has 21 heavy (non-hydrogen) atoms. The fourth-order valence-electron chi connectivity index (χ4n) is 1.72. The smallest absolute Gasteiger partial charge is 0.270 e. The fraction of sp³-hybridized carbons (Fsp3) is 0.167. The topological polar surface area (TPSA) is 136 Å². The number of nitro benzene ring substituents is 1. The summed E-state index contributed by atoms with van der Waals surface area (Å²) < 4.78 is 4.96. The van der Waals surface area contributed by atoms with Crippen LogP contribution in [0.4, 0.5) is 11.4 Å². The Morgan fingerprint density at radius 2 is 2.24 bits per heavy atom. The van der Waals surface area contributed by atoms with Crippen molar-refractivity contribution < 1.29 is 14.2 Å². The van der Waals surface area contributed by atoms with Crippen LogP contribution in [-0.4, -0.2) is 16.0 Å². The van der Waals surface area contributed by atoms with Crippen molar-refractivity contribution in [1.82, 2.24) is 10.5 Å². The van der Waals surface area contributed by atoms with Crippen molar-refractivity contribution in [2.75, 3.05) is 5.43 Å². The standard InChI is InChI=1S/C12H13N5O4/c1-7-4-9(21-16-7)6-14-12(18)10-5-8(17(19)20)2-3-11(10)15-13/h2-5,15H,6,13H2,1H3,(H,14,18). The number of nitrogens with one attached hydrogen (secondary N) is 2. The first-order valence-electron chi connectivity index (χ1n) is 5.96. The number of aromatic nitrogens is 1. The molecule has 2 rings (SSSR count). The van der Waals surface area contributed by atoms with Crippen molar-refractivity contribution >= 4 is 17.3 Å². The number of nitrogens with two attached hydrogens (primary N) is 1. The maximum absolute atomic E-state index is 12.1. The van der Waals surface area contributed by atoms with Gasteiger partial charge in [-0.15, -0.1) is 0 Å². The fourth-order valence-corrected chi connectivity index (χ4v) is 1.72. The van der Waals surface area contributed by atoms with Gasteiger partial charge in [0.15, 0.2) is 5.76 Å². The summed E-state index contributed by atoms with van der Waals surface area (Å²) in [6, 6.07) is 5.45. The second kappa shape index (κ2) is 6.01. The summed E-state index contributed by atoms with van der Waals surface area (Å²) in [5.74, 6) is 5.26. The number of carbonyl (C=O) groups is 1. The van der Waals surface area contributed by atoms with E-state index in [1.807, 2.05) is 0 Å². The van der Waals surface area contributed by atoms with Gasteiger partial charge in [0, 0.05) is 18.2 Å². The van der Waals surface area contributed by atoms with Crippen molar-refractivity contribution in [2.24, 2.45) is 5.84 Å². The minimum atomic E-state index is -0.586. The van der Waals surface area contributed by atoms with Crippen molar-refractivity contribution in [3.8, 4) is 0 Å². The first kappa shape index (κ1) is 14.5. The molecule has 2 aromatic rings. The van der Waals surface area contributed by atoms with E-state index in [1.54, 1.807) is 13.0 Å². The summed E-state index contributed by atoms with van der Waals surface area (Å²) in [5, 5.41) is 17.0. The molecule has 1 aromatic heterocycles. The van der Waals surface area contributed by atoms with E-state index in [1.165, 1.54) is 12.1 Å². The van der Waals surface area contributed by atoms with Crippen LogP contribution in [0.5, 0.6) is 0 Å². The van der Waals surface area contributed by atoms with E-state index in [0.29, 0.717) is 11.5 Å². The average molecular weight is 291 g/mol. The normalized spacial score (nSPS) is 10.2. The van der Waals surface area contributed by atoms with Crippen LogP contribution in [0.25, 0.3) is 0 Å². The third kappa shape index (κ3) is 3.34. The van der Waals surface area contributed by atoms with E-state index in [0.717, 1.165) is 6.07 Å². The van der Waals surface area contributed by atoms with E-state index in [-0.39, 0.29) is 23.5 Å². The van der Waals surface area contributed by atoms with Gasteiger partial charge in [-0.05, 0) is 13.0 Å². The van der Waals surface area contributed by atoms with Gasteiger partial charge < -0.3 is 15.3 Å². The molecule has 0 aliphatic rings. The highest BCUT2D eigenvalue weighted by Gasteiger charge is 2.16. The molecule has 0 aliphatic carbocycles. The number of carbonyl (C=O) groups excluding carboxylic acids is 1. The van der Waals surface area contributed by atoms with Gasteiger partial charge >= 0.3 is 0 Å². The number of hydrogen-bond donors (Lipinski definition) is 3. The van der Waals surface area contributed by atoms with Crippen LogP contribution < -0.4 is 16.6 Å². The summed E-state index contributed by atoms with van der Waals surface area (Å²) >= 11 is 0. The van der Waals surface area contributed by atoms with E-state index >= 15 is 0 Å². The molecule has 0 radical (unpaired) electrons. The lowest BCUT2D eigenvalue weighted by molar-refractivity contribution is -0.384. The Hall–Kier alpha value is -2.94. The number of hydrazine groups is 1. The van der Waals surface area contributed by atoms with E-state index in [2.05, 4.69) is 15.9 Å². The maximum atomic E-state index is 12.1. The minimum Gasteiger partial charge on any atom is -0.359 e. The summed E-state index contributed by atoms with van der Waals surface area (Å²) in [6.07, 6.45) is 0. The van der Waals surface area contributed by atoms with E-state index in [4.69, 9.17) is 10.4 Å². The zero-order valence-electron chi connectivity index (χ0n) is 11.1. The van der Waals surface area contributed by atoms with Crippen LogP contribution >= 0.6 is 0 Å². The second-order valence-corrected chi connectivity index (χ2v) is 4.25. The second-order valence-electron chi connectivity index (χ2n) is 4.25. The van der Waals surface area contributed by atoms with E-state index in [9.17, 15) is 14.9 Å². The predicted octanol–water partition coefficient (Wildman–Crippen LogP) is 1.11. The highest BCUT2D eigenvalue weighted by atomic mass is 16.6. The summed E-state index contributed by atoms with van der Waals surface area (Å²) in [5.41, 5.74) is 3.18. The quantitative estimate of drug-likeness (QED) is 0.426. The van der Waals surface area contributed by atoms with Gasteiger partial charge in [-0.1, -0.05) is 5.16 Å². The van der Waals surface area contributed by atoms with Crippen molar-refractivity contribution in [1.29, 1.82) is 0 Å². The monoisotopic (exact) mass is 291 g/mol. The first-order chi connectivity index (χ1) is 10.0. The van der Waals surface area contributed by atoms with Gasteiger partial charge in [-0.2, -0.15) is 0 Å². The van der Waals surface area contributed by atoms with Crippen LogP contribution in [0.2, 0.25) is 0 Å². The van der Waals surface area contributed by atoms with E-state index < -0.39 is 10.8 Å². The number of nitrogens with zero attached hydrogens (tertiary/aromatic N) is 2. The summed E-state index contributed by atoms with van der Waals surface area (Å²) in [7, 11) is 0. The zero-order chi connectivity index (χ0) is 15.4. The molecule has 0 aliphatic heterocycles. The molecule has 1 amide bonds. The highest BCUT2D eigenvalue weighted by molar-refractivity contribution is 6.00. The number of rotatable bonds is 5. The molecule has 4 N–H and O–H groups in total. The van der Waals surface area contributed by atoms with Crippen molar-refractivity contribution in [3.05, 3.63) is 51.4 Å². The average Bonchev–Trinajstić information content (AvgIpc) is 2.89. The number of amides is 1. The third-order valence-corrected chi connectivity index (χ3v) is 2.71. The van der Waals surface area contributed by atoms with Crippen molar-refractivity contribution in [3.63, 3.8) is 0 Å². The number of benzene rings is 1. The number of nitrogen functional groups attached to an aromatic ring is 1. The molecular weight excluding hydrogens is 278 g/mol. The summed E-state index contributed by atoms with van der Waals surface area (Å²) in [6.45, 7) is 1.87. The molecule has 0 bridgehead atoms. The maximum Gasteiger partial charge on any atom is 0.270 e. The predicted molar refractivity (Wildman–Crippen MR) is 73.3 cm³/mol. The zero-order valence-corrected chi connectivity index (χ0v) is 11.1. The molecule has 9 heteroatoms. The lowest BCUT2D eigenvalue weighted by Crippen LogP contribution is -2.24. The minimum absolute atomic E-state index is 0.0722. The number of non-ortho nitro benzene ring substituents is 1. The number of hydrogen-bond acceptors (Lipinski definition) is 7. The lowest BCUT2D eigenvalue weighted by Gasteiger charge is -2.08. The van der Waals surface area contributed by atoms with Gasteiger partial charge in [-0.3, -0.25) is 20.8 Å². The molecule has 0 saturated carbocycles. The molecule has 1 aromatic carbocycles. The molecule has 1 heterocycles. The van der Waals surface area contributed by atoms with Gasteiger partial charge in [0.05, 0.1) is 28.4 Å². The molecule has 0 spiro atoms.